The lowest BCUT2D eigenvalue weighted by Gasteiger charge is -2.11. The average molecular weight is 370 g/mol. The average Bonchev–Trinajstić information content (AvgIpc) is 3.25. The molecule has 1 aliphatic rings. The summed E-state index contributed by atoms with van der Waals surface area (Å²) < 4.78 is 1.07. The van der Waals surface area contributed by atoms with E-state index in [1.165, 1.54) is 23.3 Å². The van der Waals surface area contributed by atoms with Gasteiger partial charge in [-0.05, 0) is 42.7 Å². The lowest BCUT2D eigenvalue weighted by atomic mass is 10.2. The monoisotopic (exact) mass is 368 g/mol. The number of hydrogen-bond donors (Lipinski definition) is 1. The Bertz CT molecular complexity index is 617. The first-order chi connectivity index (χ1) is 9.72. The Labute approximate surface area is 136 Å². The molecule has 5 heteroatoms. The number of nitrogens with one attached hydrogen (secondary N) is 1. The van der Waals surface area contributed by atoms with Crippen LogP contribution in [0.3, 0.4) is 0 Å². The second-order valence-electron chi connectivity index (χ2n) is 4.80. The molecule has 1 aliphatic carbocycles. The summed E-state index contributed by atoms with van der Waals surface area (Å²) in [6.07, 6.45) is 4.37. The molecule has 0 radical (unpaired) electrons. The molecule has 1 fully saturated rings. The Morgan fingerprint density at radius 1 is 1.35 bits per heavy atom. The molecule has 2 aromatic rings. The molecule has 1 heterocycles. The first kappa shape index (κ1) is 14.4. The van der Waals surface area contributed by atoms with Crippen LogP contribution in [0.4, 0.5) is 0 Å². The van der Waals surface area contributed by atoms with Crippen LogP contribution in [0.1, 0.15) is 18.4 Å². The number of rotatable bonds is 5. The van der Waals surface area contributed by atoms with Crippen LogP contribution in [0.2, 0.25) is 5.02 Å². The van der Waals surface area contributed by atoms with E-state index >= 15 is 0 Å². The van der Waals surface area contributed by atoms with Crippen molar-refractivity contribution in [1.29, 1.82) is 0 Å². The quantitative estimate of drug-likeness (QED) is 0.811. The Balaban J connectivity index is 1.82. The van der Waals surface area contributed by atoms with E-state index in [0.29, 0.717) is 11.1 Å². The first-order valence-electron chi connectivity index (χ1n) is 6.52. The van der Waals surface area contributed by atoms with Crippen LogP contribution in [-0.4, -0.2) is 11.0 Å². The van der Waals surface area contributed by atoms with Crippen molar-refractivity contribution in [3.8, 4) is 0 Å². The summed E-state index contributed by atoms with van der Waals surface area (Å²) in [6, 6.07) is 10.8. The highest BCUT2D eigenvalue weighted by Gasteiger charge is 2.20. The number of hydrogen-bond acceptors (Lipinski definition) is 3. The van der Waals surface area contributed by atoms with E-state index in [9.17, 15) is 0 Å². The highest BCUT2D eigenvalue weighted by Crippen LogP contribution is 2.35. The van der Waals surface area contributed by atoms with Gasteiger partial charge in [-0.2, -0.15) is 0 Å². The van der Waals surface area contributed by atoms with Gasteiger partial charge in [-0.1, -0.05) is 45.4 Å². The van der Waals surface area contributed by atoms with Crippen molar-refractivity contribution in [3.05, 3.63) is 51.6 Å². The van der Waals surface area contributed by atoms with Gasteiger partial charge in [-0.3, -0.25) is 0 Å². The van der Waals surface area contributed by atoms with Crippen molar-refractivity contribution in [1.82, 2.24) is 10.3 Å². The largest absolute Gasteiger partial charge is 0.310 e. The Morgan fingerprint density at radius 3 is 2.95 bits per heavy atom. The van der Waals surface area contributed by atoms with Crippen molar-refractivity contribution in [2.45, 2.75) is 35.3 Å². The Morgan fingerprint density at radius 2 is 2.20 bits per heavy atom. The summed E-state index contributed by atoms with van der Waals surface area (Å²) in [5, 5.41) is 5.09. The van der Waals surface area contributed by atoms with Gasteiger partial charge in [-0.15, -0.1) is 0 Å². The highest BCUT2D eigenvalue weighted by molar-refractivity contribution is 9.10. The number of pyridine rings is 1. The van der Waals surface area contributed by atoms with Crippen LogP contribution in [0.5, 0.6) is 0 Å². The van der Waals surface area contributed by atoms with E-state index < -0.39 is 0 Å². The van der Waals surface area contributed by atoms with Crippen molar-refractivity contribution in [2.75, 3.05) is 0 Å². The molecular weight excluding hydrogens is 356 g/mol. The van der Waals surface area contributed by atoms with Gasteiger partial charge >= 0.3 is 0 Å². The van der Waals surface area contributed by atoms with Crippen molar-refractivity contribution in [2.24, 2.45) is 0 Å². The van der Waals surface area contributed by atoms with Crippen LogP contribution in [0.25, 0.3) is 0 Å². The molecule has 0 unspecified atom stereocenters. The maximum absolute atomic E-state index is 6.19. The number of aromatic nitrogens is 1. The number of halogens is 2. The molecule has 1 N–H and O–H groups in total. The fraction of sp³-hybridized carbons (Fsp3) is 0.267. The molecule has 20 heavy (non-hydrogen) atoms. The molecule has 0 spiro atoms. The second-order valence-corrected chi connectivity index (χ2v) is 7.15. The molecule has 0 bridgehead atoms. The third kappa shape index (κ3) is 3.76. The fourth-order valence-corrected chi connectivity index (χ4v) is 3.56. The molecule has 104 valence electrons. The first-order valence-corrected chi connectivity index (χ1v) is 8.51. The molecule has 0 aliphatic heterocycles. The molecule has 0 saturated heterocycles. The zero-order valence-corrected chi connectivity index (χ0v) is 13.9. The summed E-state index contributed by atoms with van der Waals surface area (Å²) in [5.74, 6) is 0. The second kappa shape index (κ2) is 6.48. The summed E-state index contributed by atoms with van der Waals surface area (Å²) in [6.45, 7) is 0.894. The van der Waals surface area contributed by atoms with Crippen LogP contribution in [0, 0.1) is 0 Å². The zero-order chi connectivity index (χ0) is 13.9. The van der Waals surface area contributed by atoms with Gasteiger partial charge in [0, 0.05) is 28.2 Å². The summed E-state index contributed by atoms with van der Waals surface area (Å²) in [4.78, 5) is 5.54. The maximum atomic E-state index is 6.19. The summed E-state index contributed by atoms with van der Waals surface area (Å²) in [5.41, 5.74) is 1.28. The summed E-state index contributed by atoms with van der Waals surface area (Å²) >= 11 is 11.3. The van der Waals surface area contributed by atoms with E-state index in [2.05, 4.69) is 44.4 Å². The fourth-order valence-electron chi connectivity index (χ4n) is 1.86. The van der Waals surface area contributed by atoms with E-state index in [0.717, 1.165) is 16.0 Å². The van der Waals surface area contributed by atoms with Gasteiger partial charge < -0.3 is 5.32 Å². The number of nitrogens with zero attached hydrogens (tertiary/aromatic N) is 1. The van der Waals surface area contributed by atoms with E-state index in [1.54, 1.807) is 18.0 Å². The smallest absolute Gasteiger partial charge is 0.119 e. The van der Waals surface area contributed by atoms with Crippen molar-refractivity contribution >= 4 is 39.3 Å². The van der Waals surface area contributed by atoms with Crippen LogP contribution < -0.4 is 5.32 Å². The predicted molar refractivity (Wildman–Crippen MR) is 87.4 cm³/mol. The minimum atomic E-state index is 0.693. The number of benzene rings is 1. The molecule has 0 atom stereocenters. The SMILES string of the molecule is Clc1cccnc1Sc1cc(Br)ccc1CNC1CC1. The molecule has 0 amide bonds. The Kier molecular flexibility index (Phi) is 4.66. The van der Waals surface area contributed by atoms with Crippen LogP contribution >= 0.6 is 39.3 Å². The van der Waals surface area contributed by atoms with E-state index in [-0.39, 0.29) is 0 Å². The maximum Gasteiger partial charge on any atom is 0.119 e. The normalized spacial score (nSPS) is 14.5. The molecule has 1 aromatic heterocycles. The third-order valence-electron chi connectivity index (χ3n) is 3.12. The van der Waals surface area contributed by atoms with Gasteiger partial charge in [0.15, 0.2) is 0 Å². The molecular formula is C15H14BrClN2S. The highest BCUT2D eigenvalue weighted by atomic mass is 79.9. The lowest BCUT2D eigenvalue weighted by molar-refractivity contribution is 0.680. The van der Waals surface area contributed by atoms with E-state index in [1.807, 2.05) is 12.1 Å². The van der Waals surface area contributed by atoms with Crippen LogP contribution in [-0.2, 0) is 6.54 Å². The van der Waals surface area contributed by atoms with Crippen molar-refractivity contribution < 1.29 is 0 Å². The lowest BCUT2D eigenvalue weighted by Crippen LogP contribution is -2.15. The van der Waals surface area contributed by atoms with Gasteiger partial charge in [0.2, 0.25) is 0 Å². The van der Waals surface area contributed by atoms with Gasteiger partial charge in [0.25, 0.3) is 0 Å². The van der Waals surface area contributed by atoms with E-state index in [4.69, 9.17) is 11.6 Å². The minimum Gasteiger partial charge on any atom is -0.310 e. The van der Waals surface area contributed by atoms with Gasteiger partial charge in [0.1, 0.15) is 5.03 Å². The Hall–Kier alpha value is -0.550. The molecule has 2 nitrogen and oxygen atoms in total. The standard InChI is InChI=1S/C15H14BrClN2S/c16-11-4-3-10(9-19-12-5-6-12)14(8-11)20-15-13(17)2-1-7-18-15/h1-4,7-8,12,19H,5-6,9H2. The molecule has 1 aromatic carbocycles. The predicted octanol–water partition coefficient (Wildman–Crippen LogP) is 4.90. The molecule has 1 saturated carbocycles. The van der Waals surface area contributed by atoms with Gasteiger partial charge in [-0.25, -0.2) is 4.98 Å². The molecule has 3 rings (SSSR count). The summed E-state index contributed by atoms with van der Waals surface area (Å²) in [7, 11) is 0. The van der Waals surface area contributed by atoms with Crippen molar-refractivity contribution in [3.63, 3.8) is 0 Å². The van der Waals surface area contributed by atoms with Crippen LogP contribution in [0.15, 0.2) is 50.9 Å². The minimum absolute atomic E-state index is 0.693. The third-order valence-corrected chi connectivity index (χ3v) is 5.15. The van der Waals surface area contributed by atoms with Gasteiger partial charge in [0.05, 0.1) is 5.02 Å². The topological polar surface area (TPSA) is 24.9 Å². The zero-order valence-electron chi connectivity index (χ0n) is 10.8.